The monoisotopic (exact) mass is 293 g/mol. The number of aliphatic hydroxyl groups excluding tert-OH is 1. The largest absolute Gasteiger partial charge is 0.487 e. The molecule has 0 bridgehead atoms. The second kappa shape index (κ2) is 5.97. The molecule has 1 aromatic carbocycles. The third kappa shape index (κ3) is 4.08. The Bertz CT molecular complexity index is 460. The van der Waals surface area contributed by atoms with E-state index in [1.54, 1.807) is 6.07 Å². The van der Waals surface area contributed by atoms with Crippen molar-refractivity contribution in [1.29, 1.82) is 0 Å². The Hall–Kier alpha value is -1.34. The predicted octanol–water partition coefficient (Wildman–Crippen LogP) is 2.38. The first kappa shape index (κ1) is 15.1. The van der Waals surface area contributed by atoms with E-state index in [4.69, 9.17) is 9.84 Å². The van der Waals surface area contributed by atoms with Crippen molar-refractivity contribution in [2.24, 2.45) is 0 Å². The lowest BCUT2D eigenvalue weighted by Crippen LogP contribution is -2.34. The van der Waals surface area contributed by atoms with Crippen LogP contribution in [0.4, 0.5) is 17.6 Å². The fourth-order valence-electron chi connectivity index (χ4n) is 1.65. The van der Waals surface area contributed by atoms with E-state index < -0.39 is 24.7 Å². The van der Waals surface area contributed by atoms with Crippen molar-refractivity contribution in [2.45, 2.75) is 37.7 Å². The van der Waals surface area contributed by atoms with Gasteiger partial charge >= 0.3 is 6.18 Å². The minimum atomic E-state index is -4.78. The van der Waals surface area contributed by atoms with Crippen molar-refractivity contribution >= 4 is 0 Å². The summed E-state index contributed by atoms with van der Waals surface area (Å²) in [5.74, 6) is -0.988. The minimum absolute atomic E-state index is 0.246. The minimum Gasteiger partial charge on any atom is -0.487 e. The topological polar surface area (TPSA) is 41.5 Å². The predicted molar refractivity (Wildman–Crippen MR) is 63.8 cm³/mol. The molecule has 1 aliphatic rings. The van der Waals surface area contributed by atoms with E-state index in [2.05, 4.69) is 5.32 Å². The number of halogens is 4. The molecule has 0 saturated heterocycles. The second-order valence-corrected chi connectivity index (χ2v) is 4.75. The molecule has 0 amide bonds. The molecule has 20 heavy (non-hydrogen) atoms. The van der Waals surface area contributed by atoms with Crippen LogP contribution >= 0.6 is 0 Å². The molecule has 1 aliphatic carbocycles. The third-order valence-corrected chi connectivity index (χ3v) is 2.97. The quantitative estimate of drug-likeness (QED) is 0.791. The molecule has 7 heteroatoms. The number of ether oxygens (including phenoxy) is 1. The normalized spacial score (nSPS) is 17.1. The Labute approximate surface area is 113 Å². The molecule has 1 fully saturated rings. The molecular weight excluding hydrogens is 278 g/mol. The van der Waals surface area contributed by atoms with Gasteiger partial charge in [-0.05, 0) is 18.9 Å². The van der Waals surface area contributed by atoms with Crippen LogP contribution in [-0.4, -0.2) is 30.0 Å². The van der Waals surface area contributed by atoms with Gasteiger partial charge in [0.05, 0.1) is 0 Å². The lowest BCUT2D eigenvalue weighted by Gasteiger charge is -2.17. The van der Waals surface area contributed by atoms with Crippen molar-refractivity contribution in [1.82, 2.24) is 5.32 Å². The Morgan fingerprint density at radius 1 is 1.35 bits per heavy atom. The molecule has 2 N–H and O–H groups in total. The molecule has 1 unspecified atom stereocenters. The standard InChI is InChI=1S/C13H15F4NO2/c14-10-3-1-2-8(6-18-9-4-5-9)12(10)20-7-11(19)13(15,16)17/h1-3,9,11,18-19H,4-7H2. The molecule has 1 atom stereocenters. The summed E-state index contributed by atoms with van der Waals surface area (Å²) < 4.78 is 55.0. The number of nitrogens with one attached hydrogen (secondary N) is 1. The van der Waals surface area contributed by atoms with Crippen LogP contribution in [0.5, 0.6) is 5.75 Å². The summed E-state index contributed by atoms with van der Waals surface area (Å²) >= 11 is 0. The Morgan fingerprint density at radius 3 is 2.65 bits per heavy atom. The zero-order chi connectivity index (χ0) is 14.8. The van der Waals surface area contributed by atoms with Crippen LogP contribution in [0.2, 0.25) is 0 Å². The molecule has 2 rings (SSSR count). The highest BCUT2D eigenvalue weighted by Crippen LogP contribution is 2.27. The third-order valence-electron chi connectivity index (χ3n) is 2.97. The van der Waals surface area contributed by atoms with Crippen molar-refractivity contribution < 1.29 is 27.4 Å². The molecule has 1 saturated carbocycles. The fraction of sp³-hybridized carbons (Fsp3) is 0.538. The number of benzene rings is 1. The van der Waals surface area contributed by atoms with Crippen LogP contribution in [0, 0.1) is 5.82 Å². The zero-order valence-corrected chi connectivity index (χ0v) is 10.6. The van der Waals surface area contributed by atoms with Gasteiger partial charge in [-0.3, -0.25) is 0 Å². The van der Waals surface area contributed by atoms with E-state index in [9.17, 15) is 17.6 Å². The molecule has 0 radical (unpaired) electrons. The van der Waals surface area contributed by atoms with Crippen LogP contribution < -0.4 is 10.1 Å². The van der Waals surface area contributed by atoms with Crippen LogP contribution in [0.1, 0.15) is 18.4 Å². The second-order valence-electron chi connectivity index (χ2n) is 4.75. The van der Waals surface area contributed by atoms with Crippen LogP contribution in [0.3, 0.4) is 0 Å². The van der Waals surface area contributed by atoms with Gasteiger partial charge < -0.3 is 15.2 Å². The maximum Gasteiger partial charge on any atom is 0.417 e. The highest BCUT2D eigenvalue weighted by atomic mass is 19.4. The molecule has 0 heterocycles. The van der Waals surface area contributed by atoms with E-state index >= 15 is 0 Å². The summed E-state index contributed by atoms with van der Waals surface area (Å²) in [6.07, 6.45) is -5.33. The highest BCUT2D eigenvalue weighted by Gasteiger charge is 2.39. The van der Waals surface area contributed by atoms with E-state index in [0.29, 0.717) is 18.2 Å². The van der Waals surface area contributed by atoms with Gasteiger partial charge in [-0.1, -0.05) is 12.1 Å². The summed E-state index contributed by atoms with van der Waals surface area (Å²) in [4.78, 5) is 0. The average Bonchev–Trinajstić information content (AvgIpc) is 3.17. The summed E-state index contributed by atoms with van der Waals surface area (Å²) in [5, 5.41) is 12.0. The first-order valence-corrected chi connectivity index (χ1v) is 6.26. The van der Waals surface area contributed by atoms with E-state index in [-0.39, 0.29) is 5.75 Å². The van der Waals surface area contributed by atoms with Crippen molar-refractivity contribution in [3.05, 3.63) is 29.6 Å². The number of aliphatic hydroxyl groups is 1. The smallest absolute Gasteiger partial charge is 0.417 e. The van der Waals surface area contributed by atoms with Gasteiger partial charge in [0.1, 0.15) is 6.61 Å². The summed E-state index contributed by atoms with van der Waals surface area (Å²) in [6, 6.07) is 4.53. The number of hydrogen-bond acceptors (Lipinski definition) is 3. The number of alkyl halides is 3. The summed E-state index contributed by atoms with van der Waals surface area (Å²) in [7, 11) is 0. The number of rotatable bonds is 6. The summed E-state index contributed by atoms with van der Waals surface area (Å²) in [5.41, 5.74) is 0.436. The number of hydrogen-bond donors (Lipinski definition) is 2. The van der Waals surface area contributed by atoms with E-state index in [1.807, 2.05) is 0 Å². The summed E-state index contributed by atoms with van der Waals surface area (Å²) in [6.45, 7) is -0.708. The SMILES string of the molecule is OC(COc1c(F)cccc1CNC1CC1)C(F)(F)F. The van der Waals surface area contributed by atoms with Gasteiger partial charge in [-0.2, -0.15) is 13.2 Å². The van der Waals surface area contributed by atoms with Crippen LogP contribution in [0.15, 0.2) is 18.2 Å². The van der Waals surface area contributed by atoms with Crippen LogP contribution in [-0.2, 0) is 6.54 Å². The van der Waals surface area contributed by atoms with Gasteiger partial charge in [0, 0.05) is 18.2 Å². The Kier molecular flexibility index (Phi) is 4.49. The maximum atomic E-state index is 13.6. The molecule has 3 nitrogen and oxygen atoms in total. The lowest BCUT2D eigenvalue weighted by molar-refractivity contribution is -0.210. The van der Waals surface area contributed by atoms with Gasteiger partial charge in [-0.25, -0.2) is 4.39 Å². The van der Waals surface area contributed by atoms with E-state index in [1.165, 1.54) is 6.07 Å². The van der Waals surface area contributed by atoms with Crippen molar-refractivity contribution in [3.63, 3.8) is 0 Å². The van der Waals surface area contributed by atoms with Crippen molar-refractivity contribution in [3.8, 4) is 5.75 Å². The highest BCUT2D eigenvalue weighted by molar-refractivity contribution is 5.35. The molecule has 1 aromatic rings. The molecular formula is C13H15F4NO2. The molecule has 0 spiro atoms. The van der Waals surface area contributed by atoms with E-state index in [0.717, 1.165) is 18.9 Å². The van der Waals surface area contributed by atoms with Gasteiger partial charge in [-0.15, -0.1) is 0 Å². The van der Waals surface area contributed by atoms with Crippen LogP contribution in [0.25, 0.3) is 0 Å². The average molecular weight is 293 g/mol. The number of para-hydroxylation sites is 1. The van der Waals surface area contributed by atoms with Crippen molar-refractivity contribution in [2.75, 3.05) is 6.61 Å². The zero-order valence-electron chi connectivity index (χ0n) is 10.6. The van der Waals surface area contributed by atoms with Gasteiger partial charge in [0.15, 0.2) is 17.7 Å². The Balaban J connectivity index is 2.01. The Morgan fingerprint density at radius 2 is 2.05 bits per heavy atom. The van der Waals surface area contributed by atoms with Gasteiger partial charge in [0.2, 0.25) is 0 Å². The first-order chi connectivity index (χ1) is 9.38. The molecule has 0 aliphatic heterocycles. The molecule has 112 valence electrons. The lowest BCUT2D eigenvalue weighted by atomic mass is 10.2. The first-order valence-electron chi connectivity index (χ1n) is 6.26. The fourth-order valence-corrected chi connectivity index (χ4v) is 1.65. The molecule has 0 aromatic heterocycles. The van der Waals surface area contributed by atoms with Gasteiger partial charge in [0.25, 0.3) is 0 Å². The maximum absolute atomic E-state index is 13.6.